The normalized spacial score (nSPS) is 10.4. The van der Waals surface area contributed by atoms with Crippen LogP contribution in [0.4, 0.5) is 0 Å². The lowest BCUT2D eigenvalue weighted by Gasteiger charge is -2.10. The molecule has 1 aromatic heterocycles. The topological polar surface area (TPSA) is 72.1 Å². The van der Waals surface area contributed by atoms with Crippen molar-refractivity contribution in [2.45, 2.75) is 30.2 Å². The summed E-state index contributed by atoms with van der Waals surface area (Å²) in [7, 11) is 0. The molecule has 0 amide bonds. The average molecular weight is 431 g/mol. The van der Waals surface area contributed by atoms with E-state index in [2.05, 4.69) is 12.6 Å². The van der Waals surface area contributed by atoms with E-state index in [9.17, 15) is 14.9 Å². The Hall–Kier alpha value is -3.56. The predicted molar refractivity (Wildman–Crippen MR) is 120 cm³/mol. The number of nitriles is 1. The summed E-state index contributed by atoms with van der Waals surface area (Å²) in [6.45, 7) is 7.80. The first-order valence-electron chi connectivity index (χ1n) is 9.70. The molecule has 0 N–H and O–H groups in total. The lowest BCUT2D eigenvalue weighted by atomic mass is 10.1. The van der Waals surface area contributed by atoms with Crippen LogP contribution in [0.1, 0.15) is 37.7 Å². The Morgan fingerprint density at radius 3 is 2.48 bits per heavy atom. The molecule has 0 unspecified atom stereocenters. The summed E-state index contributed by atoms with van der Waals surface area (Å²) >= 11 is 1.32. The lowest BCUT2D eigenvalue weighted by molar-refractivity contribution is 0.0471. The van der Waals surface area contributed by atoms with E-state index in [0.29, 0.717) is 28.1 Å². The van der Waals surface area contributed by atoms with Gasteiger partial charge in [-0.25, -0.2) is 4.79 Å². The Labute approximate surface area is 186 Å². The number of allylic oxidation sites excluding steroid dienone is 1. The van der Waals surface area contributed by atoms with Crippen LogP contribution in [0, 0.1) is 25.2 Å². The molecule has 0 saturated heterocycles. The van der Waals surface area contributed by atoms with Crippen molar-refractivity contribution in [3.63, 3.8) is 0 Å². The number of esters is 1. The number of aryl methyl sites for hydroxylation is 1. The number of aromatic nitrogens is 1. The van der Waals surface area contributed by atoms with Crippen LogP contribution in [0.15, 0.2) is 77.0 Å². The van der Waals surface area contributed by atoms with Gasteiger partial charge in [0, 0.05) is 33.3 Å². The molecule has 0 fully saturated rings. The number of rotatable bonds is 8. The summed E-state index contributed by atoms with van der Waals surface area (Å²) in [5, 5.41) is 9.31. The monoisotopic (exact) mass is 430 g/mol. The van der Waals surface area contributed by atoms with Gasteiger partial charge in [0.2, 0.25) is 5.78 Å². The van der Waals surface area contributed by atoms with Crippen molar-refractivity contribution in [3.8, 4) is 6.07 Å². The molecule has 0 bridgehead atoms. The van der Waals surface area contributed by atoms with E-state index in [1.54, 1.807) is 42.5 Å². The summed E-state index contributed by atoms with van der Waals surface area (Å²) in [4.78, 5) is 26.8. The molecule has 0 saturated carbocycles. The van der Waals surface area contributed by atoms with Crippen LogP contribution in [0.25, 0.3) is 0 Å². The summed E-state index contributed by atoms with van der Waals surface area (Å²) in [5.41, 5.74) is 3.19. The first-order valence-corrected chi connectivity index (χ1v) is 10.5. The molecule has 1 heterocycles. The van der Waals surface area contributed by atoms with Gasteiger partial charge in [0.1, 0.15) is 6.07 Å². The average Bonchev–Trinajstić information content (AvgIpc) is 3.06. The molecule has 156 valence electrons. The zero-order valence-corrected chi connectivity index (χ0v) is 18.2. The number of carbonyl (C=O) groups is 2. The summed E-state index contributed by atoms with van der Waals surface area (Å²) in [6, 6.07) is 18.1. The number of Topliss-reactive ketones (excluding diaryl/α,β-unsaturated/α-hetero) is 1. The van der Waals surface area contributed by atoms with Gasteiger partial charge in [0.05, 0.1) is 11.1 Å². The van der Waals surface area contributed by atoms with E-state index < -0.39 is 5.97 Å². The molecule has 0 aliphatic rings. The van der Waals surface area contributed by atoms with Crippen LogP contribution in [-0.2, 0) is 11.3 Å². The molecule has 3 aromatic rings. The van der Waals surface area contributed by atoms with Crippen molar-refractivity contribution >= 4 is 23.5 Å². The standard InChI is InChI=1S/C25H22N2O3S/c1-4-13-27-17(2)14-21(18(27)3)22(28)16-30-25(29)20-10-6-8-12-24(20)31-23-11-7-5-9-19(23)15-26/h4-12,14H,1,13,16H2,2-3H3. The number of carbonyl (C=O) groups excluding carboxylic acids is 2. The molecule has 0 aliphatic heterocycles. The Morgan fingerprint density at radius 2 is 1.77 bits per heavy atom. The third kappa shape index (κ3) is 4.96. The van der Waals surface area contributed by atoms with Gasteiger partial charge in [-0.1, -0.05) is 42.1 Å². The molecule has 6 heteroatoms. The number of benzene rings is 2. The molecule has 0 spiro atoms. The minimum absolute atomic E-state index is 0.253. The Balaban J connectivity index is 1.75. The van der Waals surface area contributed by atoms with Crippen LogP contribution in [0.5, 0.6) is 0 Å². The first kappa shape index (κ1) is 22.1. The van der Waals surface area contributed by atoms with Gasteiger partial charge in [-0.05, 0) is 44.2 Å². The summed E-state index contributed by atoms with van der Waals surface area (Å²) < 4.78 is 7.33. The van der Waals surface area contributed by atoms with Crippen LogP contribution in [0.2, 0.25) is 0 Å². The zero-order chi connectivity index (χ0) is 22.4. The molecule has 2 aromatic carbocycles. The van der Waals surface area contributed by atoms with Crippen molar-refractivity contribution in [1.29, 1.82) is 5.26 Å². The first-order chi connectivity index (χ1) is 15.0. The van der Waals surface area contributed by atoms with E-state index in [0.717, 1.165) is 16.3 Å². The molecule has 3 rings (SSSR count). The van der Waals surface area contributed by atoms with Crippen molar-refractivity contribution in [1.82, 2.24) is 4.57 Å². The number of hydrogen-bond donors (Lipinski definition) is 0. The van der Waals surface area contributed by atoms with Gasteiger partial charge < -0.3 is 9.30 Å². The van der Waals surface area contributed by atoms with Gasteiger partial charge >= 0.3 is 5.97 Å². The summed E-state index contributed by atoms with van der Waals surface area (Å²) in [5.74, 6) is -0.831. The van der Waals surface area contributed by atoms with E-state index >= 15 is 0 Å². The molecule has 0 radical (unpaired) electrons. The largest absolute Gasteiger partial charge is 0.454 e. The van der Waals surface area contributed by atoms with Gasteiger partial charge in [0.25, 0.3) is 0 Å². The second-order valence-electron chi connectivity index (χ2n) is 6.89. The SMILES string of the molecule is C=CCn1c(C)cc(C(=O)COC(=O)c2ccccc2Sc2ccccc2C#N)c1C. The highest BCUT2D eigenvalue weighted by Crippen LogP contribution is 2.33. The van der Waals surface area contributed by atoms with Crippen LogP contribution in [0.3, 0.4) is 0 Å². The Morgan fingerprint density at radius 1 is 1.10 bits per heavy atom. The Bertz CT molecular complexity index is 1190. The maximum Gasteiger partial charge on any atom is 0.339 e. The van der Waals surface area contributed by atoms with Crippen LogP contribution >= 0.6 is 11.8 Å². The van der Waals surface area contributed by atoms with Crippen LogP contribution in [-0.4, -0.2) is 22.9 Å². The number of ketones is 1. The highest BCUT2D eigenvalue weighted by Gasteiger charge is 2.19. The minimum Gasteiger partial charge on any atom is -0.454 e. The fraction of sp³-hybridized carbons (Fsp3) is 0.160. The smallest absolute Gasteiger partial charge is 0.339 e. The number of hydrogen-bond acceptors (Lipinski definition) is 5. The van der Waals surface area contributed by atoms with Gasteiger partial charge in [0.15, 0.2) is 6.61 Å². The van der Waals surface area contributed by atoms with Crippen molar-refractivity contribution < 1.29 is 14.3 Å². The highest BCUT2D eigenvalue weighted by atomic mass is 32.2. The van der Waals surface area contributed by atoms with E-state index in [1.807, 2.05) is 36.6 Å². The van der Waals surface area contributed by atoms with E-state index in [4.69, 9.17) is 4.74 Å². The lowest BCUT2D eigenvalue weighted by Crippen LogP contribution is -2.15. The molecular weight excluding hydrogens is 408 g/mol. The quantitative estimate of drug-likeness (QED) is 0.273. The third-order valence-corrected chi connectivity index (χ3v) is 6.01. The van der Waals surface area contributed by atoms with Crippen molar-refractivity contribution in [2.75, 3.05) is 6.61 Å². The highest BCUT2D eigenvalue weighted by molar-refractivity contribution is 7.99. The van der Waals surface area contributed by atoms with Crippen molar-refractivity contribution in [2.24, 2.45) is 0 Å². The maximum atomic E-state index is 12.7. The molecular formula is C25H22N2O3S. The van der Waals surface area contributed by atoms with Crippen molar-refractivity contribution in [3.05, 3.63) is 95.3 Å². The Kier molecular flexibility index (Phi) is 7.11. The predicted octanol–water partition coefficient (Wildman–Crippen LogP) is 5.35. The molecule has 0 atom stereocenters. The van der Waals surface area contributed by atoms with Gasteiger partial charge in [-0.2, -0.15) is 5.26 Å². The second kappa shape index (κ2) is 9.96. The number of ether oxygens (including phenoxy) is 1. The van der Waals surface area contributed by atoms with E-state index in [-0.39, 0.29) is 12.4 Å². The third-order valence-electron chi connectivity index (χ3n) is 4.85. The van der Waals surface area contributed by atoms with Crippen LogP contribution < -0.4 is 0 Å². The van der Waals surface area contributed by atoms with Gasteiger partial charge in [-0.15, -0.1) is 6.58 Å². The second-order valence-corrected chi connectivity index (χ2v) is 7.97. The maximum absolute atomic E-state index is 12.7. The number of nitrogens with zero attached hydrogens (tertiary/aromatic N) is 2. The van der Waals surface area contributed by atoms with Gasteiger partial charge in [-0.3, -0.25) is 4.79 Å². The van der Waals surface area contributed by atoms with E-state index in [1.165, 1.54) is 11.8 Å². The minimum atomic E-state index is -0.578. The fourth-order valence-electron chi connectivity index (χ4n) is 3.27. The molecule has 31 heavy (non-hydrogen) atoms. The summed E-state index contributed by atoms with van der Waals surface area (Å²) in [6.07, 6.45) is 1.77. The zero-order valence-electron chi connectivity index (χ0n) is 17.4. The molecule has 0 aliphatic carbocycles. The molecule has 5 nitrogen and oxygen atoms in total. The fourth-order valence-corrected chi connectivity index (χ4v) is 4.29.